The summed E-state index contributed by atoms with van der Waals surface area (Å²) in [7, 11) is 0. The van der Waals surface area contributed by atoms with Crippen molar-refractivity contribution in [1.29, 1.82) is 0 Å². The number of carbonyl (C=O) groups is 1. The number of aromatic nitrogens is 3. The van der Waals surface area contributed by atoms with Crippen LogP contribution in [0, 0.1) is 0 Å². The van der Waals surface area contributed by atoms with Crippen LogP contribution in [0.1, 0.15) is 10.4 Å². The van der Waals surface area contributed by atoms with Crippen LogP contribution in [-0.4, -0.2) is 20.7 Å². The van der Waals surface area contributed by atoms with Crippen molar-refractivity contribution in [3.63, 3.8) is 0 Å². The number of pyridine rings is 1. The Morgan fingerprint density at radius 2 is 1.95 bits per heavy atom. The van der Waals surface area contributed by atoms with Gasteiger partial charge in [0.05, 0.1) is 16.3 Å². The van der Waals surface area contributed by atoms with Gasteiger partial charge in [-0.2, -0.15) is 5.10 Å². The molecule has 0 unspecified atom stereocenters. The number of rotatable bonds is 3. The van der Waals surface area contributed by atoms with Gasteiger partial charge >= 0.3 is 0 Å². The fourth-order valence-corrected chi connectivity index (χ4v) is 2.08. The van der Waals surface area contributed by atoms with E-state index >= 15 is 0 Å². The van der Waals surface area contributed by atoms with E-state index in [2.05, 4.69) is 15.4 Å². The summed E-state index contributed by atoms with van der Waals surface area (Å²) in [4.78, 5) is 16.0. The fourth-order valence-electron chi connectivity index (χ4n) is 1.88. The fraction of sp³-hybridized carbons (Fsp3) is 0. The van der Waals surface area contributed by atoms with Crippen LogP contribution >= 0.6 is 11.6 Å². The van der Waals surface area contributed by atoms with Gasteiger partial charge in [-0.3, -0.25) is 9.78 Å². The standard InChI is InChI=1S/C15H11ClN4O/c16-14-10-17-8-6-13(14)15(21)19-11-2-4-12(5-3-11)20-9-1-7-18-20/h1-10H,(H,19,21). The van der Waals surface area contributed by atoms with Gasteiger partial charge in [0.1, 0.15) is 0 Å². The predicted octanol–water partition coefficient (Wildman–Crippen LogP) is 3.17. The second-order valence-electron chi connectivity index (χ2n) is 4.31. The van der Waals surface area contributed by atoms with E-state index in [1.807, 2.05) is 36.5 Å². The molecule has 2 aromatic heterocycles. The Bertz CT molecular complexity index is 754. The Labute approximate surface area is 126 Å². The molecule has 0 aliphatic carbocycles. The van der Waals surface area contributed by atoms with E-state index in [4.69, 9.17) is 11.6 Å². The summed E-state index contributed by atoms with van der Waals surface area (Å²) in [5.74, 6) is -0.269. The van der Waals surface area contributed by atoms with E-state index in [0.717, 1.165) is 5.69 Å². The Balaban J connectivity index is 1.77. The first-order valence-corrected chi connectivity index (χ1v) is 6.63. The number of anilines is 1. The molecule has 0 fully saturated rings. The number of nitrogens with one attached hydrogen (secondary N) is 1. The highest BCUT2D eigenvalue weighted by Gasteiger charge is 2.10. The number of nitrogens with zero attached hydrogens (tertiary/aromatic N) is 3. The Morgan fingerprint density at radius 1 is 1.14 bits per heavy atom. The molecular weight excluding hydrogens is 288 g/mol. The van der Waals surface area contributed by atoms with Crippen molar-refractivity contribution in [2.75, 3.05) is 5.32 Å². The number of halogens is 1. The van der Waals surface area contributed by atoms with Crippen LogP contribution < -0.4 is 5.32 Å². The monoisotopic (exact) mass is 298 g/mol. The Morgan fingerprint density at radius 3 is 2.62 bits per heavy atom. The Hall–Kier alpha value is -2.66. The Kier molecular flexibility index (Phi) is 3.66. The molecule has 104 valence electrons. The molecule has 6 heteroatoms. The highest BCUT2D eigenvalue weighted by Crippen LogP contribution is 2.17. The summed E-state index contributed by atoms with van der Waals surface area (Å²) in [5, 5.41) is 7.25. The van der Waals surface area contributed by atoms with Gasteiger partial charge in [0.2, 0.25) is 0 Å². The summed E-state index contributed by atoms with van der Waals surface area (Å²) in [6.45, 7) is 0. The first kappa shape index (κ1) is 13.3. The van der Waals surface area contributed by atoms with E-state index < -0.39 is 0 Å². The second kappa shape index (κ2) is 5.76. The molecule has 3 aromatic rings. The zero-order valence-corrected chi connectivity index (χ0v) is 11.7. The molecule has 0 atom stereocenters. The van der Waals surface area contributed by atoms with Crippen molar-refractivity contribution in [1.82, 2.24) is 14.8 Å². The molecule has 0 aliphatic heterocycles. The van der Waals surface area contributed by atoms with Crippen molar-refractivity contribution >= 4 is 23.2 Å². The molecule has 0 aliphatic rings. The SMILES string of the molecule is O=C(Nc1ccc(-n2cccn2)cc1)c1ccncc1Cl. The molecule has 1 N–H and O–H groups in total. The number of benzene rings is 1. The highest BCUT2D eigenvalue weighted by molar-refractivity contribution is 6.34. The van der Waals surface area contributed by atoms with Gasteiger partial charge in [-0.05, 0) is 36.4 Å². The van der Waals surface area contributed by atoms with Crippen LogP contribution in [0.3, 0.4) is 0 Å². The second-order valence-corrected chi connectivity index (χ2v) is 4.71. The number of hydrogen-bond donors (Lipinski definition) is 1. The van der Waals surface area contributed by atoms with E-state index in [0.29, 0.717) is 16.3 Å². The average Bonchev–Trinajstić information content (AvgIpc) is 3.02. The minimum atomic E-state index is -0.269. The van der Waals surface area contributed by atoms with Gasteiger partial charge in [-0.15, -0.1) is 0 Å². The third-order valence-electron chi connectivity index (χ3n) is 2.91. The zero-order chi connectivity index (χ0) is 14.7. The van der Waals surface area contributed by atoms with Gasteiger partial charge in [-0.1, -0.05) is 11.6 Å². The van der Waals surface area contributed by atoms with E-state index in [1.165, 1.54) is 12.4 Å². The molecule has 0 radical (unpaired) electrons. The van der Waals surface area contributed by atoms with Gasteiger partial charge < -0.3 is 5.32 Å². The lowest BCUT2D eigenvalue weighted by molar-refractivity contribution is 0.102. The van der Waals surface area contributed by atoms with E-state index in [9.17, 15) is 4.79 Å². The molecule has 5 nitrogen and oxygen atoms in total. The van der Waals surface area contributed by atoms with Gasteiger partial charge in [0, 0.05) is 30.5 Å². The van der Waals surface area contributed by atoms with Crippen molar-refractivity contribution in [3.05, 3.63) is 71.8 Å². The van der Waals surface area contributed by atoms with Crippen LogP contribution in [-0.2, 0) is 0 Å². The highest BCUT2D eigenvalue weighted by atomic mass is 35.5. The molecule has 1 aromatic carbocycles. The minimum Gasteiger partial charge on any atom is -0.322 e. The molecule has 21 heavy (non-hydrogen) atoms. The summed E-state index contributed by atoms with van der Waals surface area (Å²) in [6, 6.07) is 10.8. The lowest BCUT2D eigenvalue weighted by atomic mass is 10.2. The maximum absolute atomic E-state index is 12.1. The quantitative estimate of drug-likeness (QED) is 0.808. The van der Waals surface area contributed by atoms with Crippen LogP contribution in [0.4, 0.5) is 5.69 Å². The summed E-state index contributed by atoms with van der Waals surface area (Å²) >= 11 is 5.94. The molecule has 3 rings (SSSR count). The summed E-state index contributed by atoms with van der Waals surface area (Å²) in [5.41, 5.74) is 1.99. The van der Waals surface area contributed by atoms with Crippen LogP contribution in [0.5, 0.6) is 0 Å². The van der Waals surface area contributed by atoms with E-state index in [-0.39, 0.29) is 5.91 Å². The van der Waals surface area contributed by atoms with Crippen LogP contribution in [0.2, 0.25) is 5.02 Å². The first-order chi connectivity index (χ1) is 10.2. The topological polar surface area (TPSA) is 59.8 Å². The van der Waals surface area contributed by atoms with Gasteiger partial charge in [-0.25, -0.2) is 4.68 Å². The summed E-state index contributed by atoms with van der Waals surface area (Å²) < 4.78 is 1.74. The first-order valence-electron chi connectivity index (χ1n) is 6.25. The van der Waals surface area contributed by atoms with Crippen LogP contribution in [0.15, 0.2) is 61.2 Å². The number of carbonyl (C=O) groups excluding carboxylic acids is 1. The van der Waals surface area contributed by atoms with Gasteiger partial charge in [0.25, 0.3) is 5.91 Å². The zero-order valence-electron chi connectivity index (χ0n) is 10.9. The van der Waals surface area contributed by atoms with Crippen molar-refractivity contribution < 1.29 is 4.79 Å². The lowest BCUT2D eigenvalue weighted by Gasteiger charge is -2.07. The third kappa shape index (κ3) is 2.93. The summed E-state index contributed by atoms with van der Waals surface area (Å²) in [6.07, 6.45) is 6.53. The molecule has 0 spiro atoms. The number of hydrogen-bond acceptors (Lipinski definition) is 3. The molecule has 0 saturated heterocycles. The average molecular weight is 299 g/mol. The lowest BCUT2D eigenvalue weighted by Crippen LogP contribution is -2.12. The minimum absolute atomic E-state index is 0.269. The maximum atomic E-state index is 12.1. The van der Waals surface area contributed by atoms with Gasteiger partial charge in [0.15, 0.2) is 0 Å². The molecule has 0 saturated carbocycles. The molecule has 1 amide bonds. The van der Waals surface area contributed by atoms with Crippen LogP contribution in [0.25, 0.3) is 5.69 Å². The maximum Gasteiger partial charge on any atom is 0.257 e. The largest absolute Gasteiger partial charge is 0.322 e. The molecule has 2 heterocycles. The van der Waals surface area contributed by atoms with Crippen molar-refractivity contribution in [2.24, 2.45) is 0 Å². The van der Waals surface area contributed by atoms with E-state index in [1.54, 1.807) is 16.9 Å². The normalized spacial score (nSPS) is 10.3. The number of amides is 1. The predicted molar refractivity (Wildman–Crippen MR) is 80.8 cm³/mol. The molecular formula is C15H11ClN4O. The van der Waals surface area contributed by atoms with Crippen molar-refractivity contribution in [3.8, 4) is 5.69 Å². The smallest absolute Gasteiger partial charge is 0.257 e. The third-order valence-corrected chi connectivity index (χ3v) is 3.21. The molecule has 0 bridgehead atoms. The van der Waals surface area contributed by atoms with Crippen molar-refractivity contribution in [2.45, 2.75) is 0 Å².